The van der Waals surface area contributed by atoms with Gasteiger partial charge in [0.2, 0.25) is 0 Å². The molecule has 31 heavy (non-hydrogen) atoms. The van der Waals surface area contributed by atoms with Gasteiger partial charge in [0.05, 0.1) is 24.1 Å². The van der Waals surface area contributed by atoms with E-state index in [1.165, 1.54) is 12.3 Å². The lowest BCUT2D eigenvalue weighted by atomic mass is 10.0. The van der Waals surface area contributed by atoms with Crippen LogP contribution in [0.5, 0.6) is 0 Å². The molecule has 1 aromatic carbocycles. The molecule has 3 heterocycles. The van der Waals surface area contributed by atoms with E-state index in [9.17, 15) is 9.18 Å². The highest BCUT2D eigenvalue weighted by Gasteiger charge is 2.25. The van der Waals surface area contributed by atoms with Gasteiger partial charge in [-0.1, -0.05) is 6.07 Å². The number of piperidine rings is 1. The van der Waals surface area contributed by atoms with Gasteiger partial charge in [-0.3, -0.25) is 9.48 Å². The minimum absolute atomic E-state index is 0.00849. The molecule has 4 N–H and O–H groups in total. The van der Waals surface area contributed by atoms with E-state index in [1.807, 2.05) is 10.9 Å². The summed E-state index contributed by atoms with van der Waals surface area (Å²) >= 11 is 0. The molecule has 0 unspecified atom stereocenters. The molecule has 2 aliphatic rings. The monoisotopic (exact) mass is 421 g/mol. The Balaban J connectivity index is 1.43. The van der Waals surface area contributed by atoms with Gasteiger partial charge in [0, 0.05) is 29.9 Å². The molecule has 8 nitrogen and oxygen atoms in total. The zero-order valence-electron chi connectivity index (χ0n) is 17.0. The number of rotatable bonds is 5. The smallest absolute Gasteiger partial charge is 0.274 e. The van der Waals surface area contributed by atoms with E-state index in [4.69, 9.17) is 5.73 Å². The van der Waals surface area contributed by atoms with Crippen LogP contribution in [-0.4, -0.2) is 44.8 Å². The van der Waals surface area contributed by atoms with Crippen molar-refractivity contribution in [3.05, 3.63) is 48.3 Å². The second-order valence-corrected chi connectivity index (χ2v) is 8.14. The zero-order chi connectivity index (χ0) is 21.4. The van der Waals surface area contributed by atoms with Crippen molar-refractivity contribution in [3.8, 4) is 22.4 Å². The molecule has 0 spiro atoms. The lowest BCUT2D eigenvalue weighted by molar-refractivity contribution is 0.0926. The molecule has 1 saturated carbocycles. The molecule has 1 aliphatic carbocycles. The van der Waals surface area contributed by atoms with Gasteiger partial charge < -0.3 is 16.4 Å². The number of nitrogens with two attached hydrogens (primary N) is 1. The normalized spacial score (nSPS) is 18.7. The third kappa shape index (κ3) is 4.13. The number of carbonyl (C=O) groups is 1. The number of nitrogens with zero attached hydrogens (tertiary/aromatic N) is 4. The van der Waals surface area contributed by atoms with E-state index >= 15 is 0 Å². The Bertz CT molecular complexity index is 1120. The summed E-state index contributed by atoms with van der Waals surface area (Å²) in [6.07, 6.45) is 9.29. The van der Waals surface area contributed by atoms with E-state index in [2.05, 4.69) is 25.7 Å². The van der Waals surface area contributed by atoms with E-state index in [0.29, 0.717) is 12.6 Å². The van der Waals surface area contributed by atoms with Crippen LogP contribution in [-0.2, 0) is 0 Å². The fourth-order valence-electron chi connectivity index (χ4n) is 3.85. The Morgan fingerprint density at radius 1 is 1.23 bits per heavy atom. The minimum atomic E-state index is -0.444. The standard InChI is InChI=1S/C22H24FN7O/c23-18-6-3-13(14-9-27-30(12-14)16-4-5-16)8-17(18)19-11-26-21(24)20(29-19)22(31)28-15-2-1-7-25-10-15/h3,6,8-9,11-12,15-16,25H,1-2,4-5,7,10H2,(H2,24,26)(H,28,31)/t15-/m0/s1. The van der Waals surface area contributed by atoms with Crippen molar-refractivity contribution in [3.63, 3.8) is 0 Å². The average molecular weight is 421 g/mol. The maximum Gasteiger partial charge on any atom is 0.274 e. The molecule has 1 amide bonds. The van der Waals surface area contributed by atoms with Crippen LogP contribution in [0.15, 0.2) is 36.8 Å². The summed E-state index contributed by atoms with van der Waals surface area (Å²) in [5, 5.41) is 10.6. The summed E-state index contributed by atoms with van der Waals surface area (Å²) in [5.74, 6) is -0.824. The second-order valence-electron chi connectivity index (χ2n) is 8.14. The van der Waals surface area contributed by atoms with Gasteiger partial charge in [0.1, 0.15) is 5.82 Å². The fraction of sp³-hybridized carbons (Fsp3) is 0.364. The Morgan fingerprint density at radius 2 is 2.10 bits per heavy atom. The third-order valence-corrected chi connectivity index (χ3v) is 5.75. The lowest BCUT2D eigenvalue weighted by Crippen LogP contribution is -2.46. The molecule has 2 aromatic heterocycles. The number of halogens is 1. The number of hydrogen-bond acceptors (Lipinski definition) is 6. The van der Waals surface area contributed by atoms with Crippen molar-refractivity contribution in [2.75, 3.05) is 18.8 Å². The van der Waals surface area contributed by atoms with E-state index in [0.717, 1.165) is 43.4 Å². The Hall–Kier alpha value is -3.33. The van der Waals surface area contributed by atoms with Crippen LogP contribution < -0.4 is 16.4 Å². The average Bonchev–Trinajstić information content (AvgIpc) is 3.52. The summed E-state index contributed by atoms with van der Waals surface area (Å²) in [6, 6.07) is 5.29. The summed E-state index contributed by atoms with van der Waals surface area (Å²) in [6.45, 7) is 1.64. The van der Waals surface area contributed by atoms with Gasteiger partial charge in [-0.15, -0.1) is 0 Å². The van der Waals surface area contributed by atoms with Crippen LogP contribution in [0.4, 0.5) is 10.2 Å². The molecule has 1 saturated heterocycles. The predicted molar refractivity (Wildman–Crippen MR) is 115 cm³/mol. The first-order valence-corrected chi connectivity index (χ1v) is 10.6. The van der Waals surface area contributed by atoms with Gasteiger partial charge in [-0.25, -0.2) is 14.4 Å². The molecule has 5 rings (SSSR count). The molecule has 1 atom stereocenters. The Kier molecular flexibility index (Phi) is 5.11. The highest BCUT2D eigenvalue weighted by Crippen LogP contribution is 2.35. The van der Waals surface area contributed by atoms with Crippen molar-refractivity contribution in [2.45, 2.75) is 37.8 Å². The van der Waals surface area contributed by atoms with Gasteiger partial charge in [-0.2, -0.15) is 5.10 Å². The van der Waals surface area contributed by atoms with Gasteiger partial charge in [0.15, 0.2) is 11.5 Å². The summed E-state index contributed by atoms with van der Waals surface area (Å²) < 4.78 is 16.6. The molecule has 0 radical (unpaired) electrons. The SMILES string of the molecule is Nc1ncc(-c2cc(-c3cnn(C4CC4)c3)ccc2F)nc1C(=O)N[C@H]1CCCNC1. The number of amides is 1. The number of carbonyl (C=O) groups excluding carboxylic acids is 1. The molecule has 1 aliphatic heterocycles. The molecular weight excluding hydrogens is 397 g/mol. The third-order valence-electron chi connectivity index (χ3n) is 5.75. The molecule has 160 valence electrons. The number of hydrogen-bond donors (Lipinski definition) is 3. The number of nitrogen functional groups attached to an aromatic ring is 1. The Labute approximate surface area is 179 Å². The highest BCUT2D eigenvalue weighted by molar-refractivity contribution is 5.97. The first-order valence-electron chi connectivity index (χ1n) is 10.6. The van der Waals surface area contributed by atoms with Crippen molar-refractivity contribution in [1.29, 1.82) is 0 Å². The summed E-state index contributed by atoms with van der Waals surface area (Å²) in [4.78, 5) is 21.2. The summed E-state index contributed by atoms with van der Waals surface area (Å²) in [5.41, 5.74) is 8.17. The Morgan fingerprint density at radius 3 is 2.87 bits per heavy atom. The summed E-state index contributed by atoms with van der Waals surface area (Å²) in [7, 11) is 0. The fourth-order valence-corrected chi connectivity index (χ4v) is 3.85. The topological polar surface area (TPSA) is 111 Å². The van der Waals surface area contributed by atoms with Crippen LogP contribution in [0.2, 0.25) is 0 Å². The lowest BCUT2D eigenvalue weighted by Gasteiger charge is -2.23. The number of aromatic nitrogens is 4. The molecule has 9 heteroatoms. The van der Waals surface area contributed by atoms with Crippen LogP contribution in [0.1, 0.15) is 42.2 Å². The molecule has 0 bridgehead atoms. The second kappa shape index (κ2) is 8.07. The maximum atomic E-state index is 14.7. The van der Waals surface area contributed by atoms with Gasteiger partial charge in [0.25, 0.3) is 5.91 Å². The zero-order valence-corrected chi connectivity index (χ0v) is 17.0. The van der Waals surface area contributed by atoms with Crippen molar-refractivity contribution < 1.29 is 9.18 Å². The first-order chi connectivity index (χ1) is 15.1. The van der Waals surface area contributed by atoms with Crippen molar-refractivity contribution in [1.82, 2.24) is 30.4 Å². The van der Waals surface area contributed by atoms with Crippen LogP contribution in [0, 0.1) is 5.82 Å². The highest BCUT2D eigenvalue weighted by atomic mass is 19.1. The first kappa shape index (κ1) is 19.6. The largest absolute Gasteiger partial charge is 0.382 e. The van der Waals surface area contributed by atoms with Crippen LogP contribution in [0.25, 0.3) is 22.4 Å². The predicted octanol–water partition coefficient (Wildman–Crippen LogP) is 2.55. The molecule has 3 aromatic rings. The maximum absolute atomic E-state index is 14.7. The van der Waals surface area contributed by atoms with Crippen LogP contribution in [0.3, 0.4) is 0 Å². The number of anilines is 1. The van der Waals surface area contributed by atoms with Gasteiger partial charge >= 0.3 is 0 Å². The quantitative estimate of drug-likeness (QED) is 0.584. The van der Waals surface area contributed by atoms with Gasteiger partial charge in [-0.05, 0) is 49.9 Å². The van der Waals surface area contributed by atoms with Crippen molar-refractivity contribution >= 4 is 11.7 Å². The van der Waals surface area contributed by atoms with E-state index < -0.39 is 11.7 Å². The van der Waals surface area contributed by atoms with E-state index in [-0.39, 0.29) is 28.8 Å². The van der Waals surface area contributed by atoms with Crippen LogP contribution >= 0.6 is 0 Å². The number of benzene rings is 1. The van der Waals surface area contributed by atoms with Crippen molar-refractivity contribution in [2.24, 2.45) is 0 Å². The minimum Gasteiger partial charge on any atom is -0.382 e. The molecular formula is C22H24FN7O. The van der Waals surface area contributed by atoms with E-state index in [1.54, 1.807) is 18.3 Å². The number of nitrogens with one attached hydrogen (secondary N) is 2. The molecule has 2 fully saturated rings.